The van der Waals surface area contributed by atoms with Gasteiger partial charge in [0.1, 0.15) is 18.4 Å². The van der Waals surface area contributed by atoms with Crippen LogP contribution >= 0.6 is 0 Å². The van der Waals surface area contributed by atoms with Crippen LogP contribution in [0.2, 0.25) is 0 Å². The summed E-state index contributed by atoms with van der Waals surface area (Å²) in [6.45, 7) is 1.77. The van der Waals surface area contributed by atoms with Crippen LogP contribution in [0.4, 0.5) is 0 Å². The van der Waals surface area contributed by atoms with Gasteiger partial charge in [0.15, 0.2) is 6.23 Å². The number of aliphatic hydroxyl groups is 1. The van der Waals surface area contributed by atoms with Gasteiger partial charge in [0.2, 0.25) is 0 Å². The van der Waals surface area contributed by atoms with Crippen LogP contribution in [0.15, 0.2) is 4.79 Å². The molecule has 0 radical (unpaired) electrons. The molecule has 2 bridgehead atoms. The van der Waals surface area contributed by atoms with E-state index in [0.717, 1.165) is 0 Å². The number of aliphatic hydroxyl groups excluding tert-OH is 1. The van der Waals surface area contributed by atoms with Crippen LogP contribution in [0.5, 0.6) is 6.01 Å². The zero-order valence-electron chi connectivity index (χ0n) is 8.66. The Morgan fingerprint density at radius 2 is 2.38 bits per heavy atom. The second kappa shape index (κ2) is 3.26. The van der Waals surface area contributed by atoms with Crippen LogP contribution in [-0.4, -0.2) is 38.7 Å². The molecule has 16 heavy (non-hydrogen) atoms. The fourth-order valence-electron chi connectivity index (χ4n) is 1.92. The Balaban J connectivity index is 2.10. The summed E-state index contributed by atoms with van der Waals surface area (Å²) in [5, 5.41) is 13.7. The summed E-state index contributed by atoms with van der Waals surface area (Å²) in [4.78, 5) is 15.1. The third kappa shape index (κ3) is 1.32. The zero-order chi connectivity index (χ0) is 11.3. The normalized spacial score (nSPS) is 31.8. The van der Waals surface area contributed by atoms with E-state index < -0.39 is 17.9 Å². The Bertz CT molecular complexity index is 486. The van der Waals surface area contributed by atoms with Gasteiger partial charge in [-0.1, -0.05) is 0 Å². The minimum atomic E-state index is -0.556. The van der Waals surface area contributed by atoms with Gasteiger partial charge < -0.3 is 14.6 Å². The van der Waals surface area contributed by atoms with E-state index in [2.05, 4.69) is 10.1 Å². The van der Waals surface area contributed by atoms with Crippen molar-refractivity contribution in [1.82, 2.24) is 14.8 Å². The lowest BCUT2D eigenvalue weighted by Crippen LogP contribution is -2.29. The van der Waals surface area contributed by atoms with Gasteiger partial charge in [0.05, 0.1) is 6.10 Å². The molecule has 0 saturated carbocycles. The number of fused-ring (bicyclic) bond motifs is 4. The molecule has 3 heterocycles. The average Bonchev–Trinajstić information content (AvgIpc) is 2.51. The molecule has 3 unspecified atom stereocenters. The summed E-state index contributed by atoms with van der Waals surface area (Å²) < 4.78 is 12.3. The number of rotatable bonds is 0. The first-order chi connectivity index (χ1) is 7.65. The van der Waals surface area contributed by atoms with Crippen LogP contribution < -0.4 is 10.3 Å². The molecule has 2 aliphatic rings. The first kappa shape index (κ1) is 9.73. The number of hydrogen-bond acceptors (Lipinski definition) is 6. The van der Waals surface area contributed by atoms with E-state index in [1.165, 1.54) is 4.68 Å². The highest BCUT2D eigenvalue weighted by atomic mass is 16.6. The Morgan fingerprint density at radius 3 is 3.19 bits per heavy atom. The van der Waals surface area contributed by atoms with E-state index in [4.69, 9.17) is 9.47 Å². The van der Waals surface area contributed by atoms with Gasteiger partial charge in [0, 0.05) is 6.42 Å². The van der Waals surface area contributed by atoms with Crippen molar-refractivity contribution < 1.29 is 14.6 Å². The summed E-state index contributed by atoms with van der Waals surface area (Å²) in [6.07, 6.45) is -0.884. The van der Waals surface area contributed by atoms with E-state index in [9.17, 15) is 9.90 Å². The van der Waals surface area contributed by atoms with Crippen molar-refractivity contribution in [1.29, 1.82) is 0 Å². The smallest absolute Gasteiger partial charge is 0.319 e. The third-order valence-electron chi connectivity index (χ3n) is 2.81. The highest BCUT2D eigenvalue weighted by Gasteiger charge is 2.40. The van der Waals surface area contributed by atoms with Gasteiger partial charge in [-0.25, -0.2) is 0 Å². The number of aryl methyl sites for hydroxylation is 1. The Labute approximate surface area is 90.6 Å². The van der Waals surface area contributed by atoms with E-state index in [-0.39, 0.29) is 24.4 Å². The minimum absolute atomic E-state index is 0.162. The average molecular weight is 225 g/mol. The van der Waals surface area contributed by atoms with Crippen molar-refractivity contribution in [3.05, 3.63) is 16.0 Å². The van der Waals surface area contributed by atoms with Crippen LogP contribution in [0.25, 0.3) is 0 Å². The maximum atomic E-state index is 11.3. The van der Waals surface area contributed by atoms with Crippen molar-refractivity contribution in [3.63, 3.8) is 0 Å². The van der Waals surface area contributed by atoms with Crippen molar-refractivity contribution >= 4 is 0 Å². The lowest BCUT2D eigenvalue weighted by Gasteiger charge is -2.15. The molecule has 1 aromatic rings. The molecule has 0 aliphatic carbocycles. The minimum Gasteiger partial charge on any atom is -0.461 e. The number of aromatic nitrogens is 3. The largest absolute Gasteiger partial charge is 0.461 e. The predicted octanol–water partition coefficient (Wildman–Crippen LogP) is -1.01. The van der Waals surface area contributed by atoms with Crippen LogP contribution in [-0.2, 0) is 4.74 Å². The van der Waals surface area contributed by atoms with Crippen molar-refractivity contribution in [2.24, 2.45) is 0 Å². The second-order valence-electron chi connectivity index (χ2n) is 3.97. The molecule has 0 amide bonds. The molecule has 0 aromatic carbocycles. The molecule has 0 spiro atoms. The summed E-state index contributed by atoms with van der Waals surface area (Å²) in [7, 11) is 0. The van der Waals surface area contributed by atoms with Crippen molar-refractivity contribution in [2.45, 2.75) is 31.8 Å². The van der Waals surface area contributed by atoms with E-state index >= 15 is 0 Å². The fourth-order valence-corrected chi connectivity index (χ4v) is 1.92. The molecular formula is C9H11N3O4. The summed E-state index contributed by atoms with van der Waals surface area (Å²) in [5.41, 5.74) is -0.111. The molecule has 86 valence electrons. The molecular weight excluding hydrogens is 214 g/mol. The van der Waals surface area contributed by atoms with Gasteiger partial charge in [0.25, 0.3) is 5.56 Å². The maximum absolute atomic E-state index is 11.3. The van der Waals surface area contributed by atoms with Crippen LogP contribution in [0, 0.1) is 6.92 Å². The van der Waals surface area contributed by atoms with Gasteiger partial charge >= 0.3 is 6.01 Å². The summed E-state index contributed by atoms with van der Waals surface area (Å²) >= 11 is 0. The molecule has 1 N–H and O–H groups in total. The van der Waals surface area contributed by atoms with Crippen molar-refractivity contribution in [3.8, 4) is 6.01 Å². The van der Waals surface area contributed by atoms with Gasteiger partial charge in [-0.2, -0.15) is 14.8 Å². The first-order valence-electron chi connectivity index (χ1n) is 5.09. The van der Waals surface area contributed by atoms with Gasteiger partial charge in [-0.05, 0) is 6.92 Å². The highest BCUT2D eigenvalue weighted by Crippen LogP contribution is 2.32. The lowest BCUT2D eigenvalue weighted by atomic mass is 10.2. The van der Waals surface area contributed by atoms with Crippen LogP contribution in [0.1, 0.15) is 18.3 Å². The Morgan fingerprint density at radius 1 is 1.56 bits per heavy atom. The summed E-state index contributed by atoms with van der Waals surface area (Å²) in [5.74, 6) is 0. The van der Waals surface area contributed by atoms with Gasteiger partial charge in [-0.15, -0.1) is 0 Å². The topological polar surface area (TPSA) is 86.5 Å². The Hall–Kier alpha value is -1.47. The molecule has 7 heteroatoms. The van der Waals surface area contributed by atoms with E-state index in [1.54, 1.807) is 6.92 Å². The molecule has 1 fully saturated rings. The molecule has 3 atom stereocenters. The molecule has 7 nitrogen and oxygen atoms in total. The predicted molar refractivity (Wildman–Crippen MR) is 51.1 cm³/mol. The maximum Gasteiger partial charge on any atom is 0.319 e. The summed E-state index contributed by atoms with van der Waals surface area (Å²) in [6, 6.07) is 0.162. The molecule has 3 rings (SSSR count). The number of hydrogen-bond donors (Lipinski definition) is 1. The van der Waals surface area contributed by atoms with E-state index in [0.29, 0.717) is 6.42 Å². The number of nitrogens with zero attached hydrogens (tertiary/aromatic N) is 3. The second-order valence-corrected chi connectivity index (χ2v) is 3.97. The van der Waals surface area contributed by atoms with Crippen molar-refractivity contribution in [2.75, 3.05) is 6.61 Å². The lowest BCUT2D eigenvalue weighted by molar-refractivity contribution is -0.0239. The van der Waals surface area contributed by atoms with Crippen LogP contribution in [0.3, 0.4) is 0 Å². The van der Waals surface area contributed by atoms with E-state index in [1.807, 2.05) is 0 Å². The molecule has 2 aliphatic heterocycles. The zero-order valence-corrected chi connectivity index (χ0v) is 8.66. The Kier molecular flexibility index (Phi) is 1.98. The monoisotopic (exact) mass is 225 g/mol. The standard InChI is InChI=1S/C9H11N3O4/c1-4-8(14)10-9-12(11-4)7-2-5(13)6(16-7)3-15-9/h5-7,13H,2-3H2,1H3. The quantitative estimate of drug-likeness (QED) is 0.608. The first-order valence-corrected chi connectivity index (χ1v) is 5.09. The number of ether oxygens (including phenoxy) is 2. The SMILES string of the molecule is Cc1nn2c(nc1=O)OCC1OC2CC1O. The third-order valence-corrected chi connectivity index (χ3v) is 2.81. The highest BCUT2D eigenvalue weighted by molar-refractivity contribution is 5.03. The molecule has 1 saturated heterocycles. The van der Waals surface area contributed by atoms with Gasteiger partial charge in [-0.3, -0.25) is 4.79 Å². The fraction of sp³-hybridized carbons (Fsp3) is 0.667. The molecule has 1 aromatic heterocycles.